The van der Waals surface area contributed by atoms with Crippen LogP contribution in [0.3, 0.4) is 0 Å². The molecule has 2 aromatic carbocycles. The van der Waals surface area contributed by atoms with E-state index in [2.05, 4.69) is 10.3 Å². The van der Waals surface area contributed by atoms with Crippen LogP contribution in [0.4, 0.5) is 10.1 Å². The van der Waals surface area contributed by atoms with Gasteiger partial charge in [-0.3, -0.25) is 4.79 Å². The highest BCUT2D eigenvalue weighted by Gasteiger charge is 2.14. The molecule has 1 N–H and O–H groups in total. The van der Waals surface area contributed by atoms with E-state index < -0.39 is 5.82 Å². The van der Waals surface area contributed by atoms with Crippen LogP contribution in [0.5, 0.6) is 0 Å². The van der Waals surface area contributed by atoms with E-state index in [4.69, 9.17) is 16.0 Å². The number of benzene rings is 2. The molecule has 0 fully saturated rings. The van der Waals surface area contributed by atoms with E-state index >= 15 is 0 Å². The van der Waals surface area contributed by atoms with Crippen LogP contribution in [0.1, 0.15) is 13.8 Å². The quantitative estimate of drug-likeness (QED) is 0.743. The summed E-state index contributed by atoms with van der Waals surface area (Å²) in [5, 5.41) is 3.10. The molecule has 0 bridgehead atoms. The Labute approximate surface area is 137 Å². The molecule has 0 radical (unpaired) electrons. The van der Waals surface area contributed by atoms with Crippen LogP contribution in [-0.4, -0.2) is 10.9 Å². The van der Waals surface area contributed by atoms with Crippen molar-refractivity contribution in [1.82, 2.24) is 4.98 Å². The highest BCUT2D eigenvalue weighted by molar-refractivity contribution is 6.30. The van der Waals surface area contributed by atoms with Gasteiger partial charge in [0.25, 0.3) is 0 Å². The average Bonchev–Trinajstić information content (AvgIpc) is 2.89. The molecule has 0 saturated carbocycles. The zero-order chi connectivity index (χ0) is 16.6. The van der Waals surface area contributed by atoms with E-state index in [1.165, 1.54) is 12.1 Å². The lowest BCUT2D eigenvalue weighted by atomic mass is 10.2. The van der Waals surface area contributed by atoms with Crippen LogP contribution in [0.15, 0.2) is 40.8 Å². The number of rotatable bonds is 3. The maximum atomic E-state index is 14.0. The lowest BCUT2D eigenvalue weighted by molar-refractivity contribution is -0.118. The van der Waals surface area contributed by atoms with Gasteiger partial charge in [-0.25, -0.2) is 9.37 Å². The Morgan fingerprint density at radius 3 is 2.74 bits per heavy atom. The van der Waals surface area contributed by atoms with Crippen molar-refractivity contribution >= 4 is 34.3 Å². The van der Waals surface area contributed by atoms with Gasteiger partial charge in [0.05, 0.1) is 5.56 Å². The summed E-state index contributed by atoms with van der Waals surface area (Å²) < 4.78 is 19.5. The minimum atomic E-state index is -0.502. The number of nitrogens with zero attached hydrogens (tertiary/aromatic N) is 1. The summed E-state index contributed by atoms with van der Waals surface area (Å²) in [6.45, 7) is 3.62. The zero-order valence-electron chi connectivity index (χ0n) is 12.6. The Morgan fingerprint density at radius 1 is 1.26 bits per heavy atom. The molecule has 1 aromatic heterocycles. The molecule has 3 aromatic rings. The number of carbonyl (C=O) groups is 1. The summed E-state index contributed by atoms with van der Waals surface area (Å²) in [5.74, 6) is -0.544. The van der Waals surface area contributed by atoms with Crippen LogP contribution < -0.4 is 5.32 Å². The number of aromatic nitrogens is 1. The third-order valence-electron chi connectivity index (χ3n) is 3.34. The van der Waals surface area contributed by atoms with Gasteiger partial charge in [-0.2, -0.15) is 0 Å². The van der Waals surface area contributed by atoms with Crippen molar-refractivity contribution in [2.24, 2.45) is 5.92 Å². The van der Waals surface area contributed by atoms with Crippen molar-refractivity contribution in [3.8, 4) is 11.5 Å². The van der Waals surface area contributed by atoms with Gasteiger partial charge in [-0.05, 0) is 36.4 Å². The Bertz CT molecular complexity index is 889. The predicted molar refractivity (Wildman–Crippen MR) is 87.9 cm³/mol. The molecule has 0 aliphatic heterocycles. The molecule has 0 spiro atoms. The number of carbonyl (C=O) groups excluding carboxylic acids is 1. The SMILES string of the molecule is CC(C)C(=O)Nc1ccc2oc(-c3ccc(Cl)cc3F)nc2c1. The molecule has 0 aliphatic rings. The van der Waals surface area contributed by atoms with Gasteiger partial charge in [0, 0.05) is 16.6 Å². The van der Waals surface area contributed by atoms with Gasteiger partial charge < -0.3 is 9.73 Å². The average molecular weight is 333 g/mol. The van der Waals surface area contributed by atoms with Crippen LogP contribution in [0.25, 0.3) is 22.6 Å². The minimum absolute atomic E-state index is 0.0863. The zero-order valence-corrected chi connectivity index (χ0v) is 13.3. The Balaban J connectivity index is 1.97. The summed E-state index contributed by atoms with van der Waals surface area (Å²) in [7, 11) is 0. The molecule has 0 atom stereocenters. The molecule has 23 heavy (non-hydrogen) atoms. The van der Waals surface area contributed by atoms with E-state index in [-0.39, 0.29) is 23.3 Å². The Morgan fingerprint density at radius 2 is 2.04 bits per heavy atom. The van der Waals surface area contributed by atoms with Crippen molar-refractivity contribution in [3.05, 3.63) is 47.2 Å². The second-order valence-electron chi connectivity index (χ2n) is 5.47. The first-order valence-electron chi connectivity index (χ1n) is 7.11. The molecule has 3 rings (SSSR count). The topological polar surface area (TPSA) is 55.1 Å². The standard InChI is InChI=1S/C17H14ClFN2O2/c1-9(2)16(22)20-11-4-6-15-14(8-11)21-17(23-15)12-5-3-10(18)7-13(12)19/h3-9H,1-2H3,(H,20,22). The molecule has 0 saturated heterocycles. The van der Waals surface area contributed by atoms with Crippen molar-refractivity contribution < 1.29 is 13.6 Å². The van der Waals surface area contributed by atoms with Gasteiger partial charge in [-0.1, -0.05) is 25.4 Å². The number of oxazole rings is 1. The smallest absolute Gasteiger partial charge is 0.230 e. The number of halogens is 2. The summed E-state index contributed by atoms with van der Waals surface area (Å²) in [6, 6.07) is 9.40. The maximum Gasteiger partial charge on any atom is 0.230 e. The van der Waals surface area contributed by atoms with Gasteiger partial charge >= 0.3 is 0 Å². The lowest BCUT2D eigenvalue weighted by Gasteiger charge is -2.06. The van der Waals surface area contributed by atoms with Crippen molar-refractivity contribution in [2.45, 2.75) is 13.8 Å². The van der Waals surface area contributed by atoms with Crippen LogP contribution in [-0.2, 0) is 4.79 Å². The first-order chi connectivity index (χ1) is 10.9. The van der Waals surface area contributed by atoms with Gasteiger partial charge in [0.2, 0.25) is 11.8 Å². The number of fused-ring (bicyclic) bond motifs is 1. The van der Waals surface area contributed by atoms with Gasteiger partial charge in [0.15, 0.2) is 5.58 Å². The molecule has 1 heterocycles. The Hall–Kier alpha value is -2.40. The highest BCUT2D eigenvalue weighted by atomic mass is 35.5. The third kappa shape index (κ3) is 3.19. The third-order valence-corrected chi connectivity index (χ3v) is 3.58. The summed E-state index contributed by atoms with van der Waals surface area (Å²) in [5.41, 5.74) is 1.90. The van der Waals surface area contributed by atoms with Gasteiger partial charge in [0.1, 0.15) is 11.3 Å². The molecule has 118 valence electrons. The fourth-order valence-corrected chi connectivity index (χ4v) is 2.23. The van der Waals surface area contributed by atoms with Crippen LogP contribution >= 0.6 is 11.6 Å². The van der Waals surface area contributed by atoms with E-state index in [0.29, 0.717) is 21.8 Å². The first-order valence-corrected chi connectivity index (χ1v) is 7.48. The Kier molecular flexibility index (Phi) is 4.05. The van der Waals surface area contributed by atoms with Crippen molar-refractivity contribution in [1.29, 1.82) is 0 Å². The van der Waals surface area contributed by atoms with E-state index in [1.54, 1.807) is 24.3 Å². The minimum Gasteiger partial charge on any atom is -0.436 e. The number of nitrogens with one attached hydrogen (secondary N) is 1. The molecule has 1 amide bonds. The number of amides is 1. The van der Waals surface area contributed by atoms with E-state index in [0.717, 1.165) is 0 Å². The second kappa shape index (κ2) is 6.01. The molecule has 0 unspecified atom stereocenters. The fourth-order valence-electron chi connectivity index (χ4n) is 2.07. The largest absolute Gasteiger partial charge is 0.436 e. The number of anilines is 1. The molecule has 0 aliphatic carbocycles. The predicted octanol–water partition coefficient (Wildman–Crippen LogP) is 4.88. The monoisotopic (exact) mass is 332 g/mol. The fraction of sp³-hybridized carbons (Fsp3) is 0.176. The summed E-state index contributed by atoms with van der Waals surface area (Å²) >= 11 is 5.75. The van der Waals surface area contributed by atoms with E-state index in [1.807, 2.05) is 13.8 Å². The molecular weight excluding hydrogens is 319 g/mol. The normalized spacial score (nSPS) is 11.2. The van der Waals surface area contributed by atoms with Crippen molar-refractivity contribution in [2.75, 3.05) is 5.32 Å². The van der Waals surface area contributed by atoms with Gasteiger partial charge in [-0.15, -0.1) is 0 Å². The van der Waals surface area contributed by atoms with Crippen LogP contribution in [0, 0.1) is 11.7 Å². The molecule has 6 heteroatoms. The van der Waals surface area contributed by atoms with Crippen molar-refractivity contribution in [3.63, 3.8) is 0 Å². The summed E-state index contributed by atoms with van der Waals surface area (Å²) in [6.07, 6.45) is 0. The number of hydrogen-bond donors (Lipinski definition) is 1. The highest BCUT2D eigenvalue weighted by Crippen LogP contribution is 2.29. The maximum absolute atomic E-state index is 14.0. The first kappa shape index (κ1) is 15.5. The summed E-state index contributed by atoms with van der Waals surface area (Å²) in [4.78, 5) is 16.0. The van der Waals surface area contributed by atoms with Crippen LogP contribution in [0.2, 0.25) is 5.02 Å². The number of hydrogen-bond acceptors (Lipinski definition) is 3. The lowest BCUT2D eigenvalue weighted by Crippen LogP contribution is -2.17. The van der Waals surface area contributed by atoms with E-state index in [9.17, 15) is 9.18 Å². The second-order valence-corrected chi connectivity index (χ2v) is 5.91. The molecular formula is C17H14ClFN2O2. The molecule has 4 nitrogen and oxygen atoms in total.